The standard InChI is InChI=1S/C27H34F2N2O3S/c1-9-21(16-30)15-25(20(6)34-7)35(8,33)31-24-14-13-23(28)26(27(24)29)22(10-2)12-11-17(3)18(4)19(5)32/h9,13-15,22H,1,8,10-12H2,2-7H3,(H,31,33)/b18-17-,21-15+,25-20-/t22-,35?/m0/s1. The summed E-state index contributed by atoms with van der Waals surface area (Å²) in [4.78, 5) is 11.7. The highest BCUT2D eigenvalue weighted by molar-refractivity contribution is 8.05. The average Bonchev–Trinajstić information content (AvgIpc) is 2.82. The number of anilines is 1. The molecule has 1 unspecified atom stereocenters. The highest BCUT2D eigenvalue weighted by atomic mass is 32.2. The van der Waals surface area contributed by atoms with Gasteiger partial charge in [0.25, 0.3) is 0 Å². The molecule has 190 valence electrons. The van der Waals surface area contributed by atoms with Crippen molar-refractivity contribution in [2.45, 2.75) is 59.8 Å². The van der Waals surface area contributed by atoms with Gasteiger partial charge in [-0.1, -0.05) is 25.2 Å². The second-order valence-electron chi connectivity index (χ2n) is 8.25. The molecule has 2 atom stereocenters. The smallest absolute Gasteiger partial charge is 0.155 e. The Morgan fingerprint density at radius 3 is 2.40 bits per heavy atom. The zero-order chi connectivity index (χ0) is 26.9. The van der Waals surface area contributed by atoms with E-state index < -0.39 is 27.3 Å². The number of halogens is 2. The topological polar surface area (TPSA) is 79.2 Å². The fourth-order valence-electron chi connectivity index (χ4n) is 3.49. The van der Waals surface area contributed by atoms with Gasteiger partial charge in [-0.05, 0) is 82.5 Å². The Morgan fingerprint density at radius 2 is 1.91 bits per heavy atom. The van der Waals surface area contributed by atoms with E-state index in [1.54, 1.807) is 6.92 Å². The predicted molar refractivity (Wildman–Crippen MR) is 140 cm³/mol. The van der Waals surface area contributed by atoms with Crippen LogP contribution in [0.3, 0.4) is 0 Å². The van der Waals surface area contributed by atoms with Crippen LogP contribution in [0.25, 0.3) is 0 Å². The third-order valence-corrected chi connectivity index (χ3v) is 7.65. The first-order valence-corrected chi connectivity index (χ1v) is 12.9. The van der Waals surface area contributed by atoms with Gasteiger partial charge in [0.05, 0.1) is 39.1 Å². The molecule has 0 bridgehead atoms. The van der Waals surface area contributed by atoms with Crippen LogP contribution in [0.15, 0.2) is 58.2 Å². The van der Waals surface area contributed by atoms with Crippen LogP contribution < -0.4 is 4.72 Å². The van der Waals surface area contributed by atoms with E-state index in [0.29, 0.717) is 24.8 Å². The number of allylic oxidation sites excluding steroid dienone is 6. The summed E-state index contributed by atoms with van der Waals surface area (Å²) in [5.74, 6) is 1.85. The van der Waals surface area contributed by atoms with E-state index in [9.17, 15) is 18.7 Å². The molecule has 1 N–H and O–H groups in total. The number of hydrogen-bond acceptors (Lipinski definition) is 4. The van der Waals surface area contributed by atoms with E-state index in [0.717, 1.165) is 11.6 Å². The fourth-order valence-corrected chi connectivity index (χ4v) is 4.98. The summed E-state index contributed by atoms with van der Waals surface area (Å²) in [5, 5.41) is 9.23. The average molecular weight is 505 g/mol. The number of nitrogens with zero attached hydrogens (tertiary/aromatic N) is 1. The van der Waals surface area contributed by atoms with Gasteiger partial charge in [-0.3, -0.25) is 4.79 Å². The highest BCUT2D eigenvalue weighted by Gasteiger charge is 2.24. The molecule has 1 aromatic rings. The van der Waals surface area contributed by atoms with Crippen LogP contribution in [0, 0.1) is 23.0 Å². The van der Waals surface area contributed by atoms with Crippen molar-refractivity contribution in [2.75, 3.05) is 11.8 Å². The molecule has 0 saturated carbocycles. The van der Waals surface area contributed by atoms with Crippen molar-refractivity contribution in [2.24, 2.45) is 0 Å². The van der Waals surface area contributed by atoms with Crippen LogP contribution in [0.5, 0.6) is 0 Å². The van der Waals surface area contributed by atoms with E-state index in [1.165, 1.54) is 39.2 Å². The number of benzene rings is 1. The van der Waals surface area contributed by atoms with E-state index >= 15 is 4.39 Å². The molecular weight excluding hydrogens is 470 g/mol. The van der Waals surface area contributed by atoms with Crippen LogP contribution in [0.2, 0.25) is 0 Å². The number of carbonyl (C=O) groups excluding carboxylic acids is 1. The van der Waals surface area contributed by atoms with Gasteiger partial charge < -0.3 is 9.46 Å². The van der Waals surface area contributed by atoms with E-state index in [1.807, 2.05) is 19.9 Å². The number of nitrogens with one attached hydrogen (secondary N) is 1. The summed E-state index contributed by atoms with van der Waals surface area (Å²) >= 11 is 0. The molecular formula is C27H34F2N2O3S. The van der Waals surface area contributed by atoms with Crippen LogP contribution in [-0.4, -0.2) is 23.0 Å². The molecule has 1 rings (SSSR count). The molecule has 0 heterocycles. The molecule has 35 heavy (non-hydrogen) atoms. The molecule has 0 radical (unpaired) electrons. The molecule has 8 heteroatoms. The predicted octanol–water partition coefficient (Wildman–Crippen LogP) is 6.72. The fraction of sp³-hybridized carbons (Fsp3) is 0.370. The Hall–Kier alpha value is -3.18. The lowest BCUT2D eigenvalue weighted by Crippen LogP contribution is -2.18. The third kappa shape index (κ3) is 7.66. The molecule has 0 aliphatic rings. The Kier molecular flexibility index (Phi) is 11.1. The number of ketones is 1. The zero-order valence-electron chi connectivity index (χ0n) is 21.3. The first kappa shape index (κ1) is 29.9. The molecule has 0 saturated heterocycles. The summed E-state index contributed by atoms with van der Waals surface area (Å²) in [6, 6.07) is 4.20. The first-order chi connectivity index (χ1) is 16.3. The lowest BCUT2D eigenvalue weighted by Gasteiger charge is -2.21. The van der Waals surface area contributed by atoms with Gasteiger partial charge in [0, 0.05) is 5.56 Å². The maximum Gasteiger partial charge on any atom is 0.155 e. The maximum atomic E-state index is 15.6. The third-order valence-electron chi connectivity index (χ3n) is 5.98. The molecule has 0 aromatic heterocycles. The van der Waals surface area contributed by atoms with Crippen molar-refractivity contribution >= 4 is 27.0 Å². The van der Waals surface area contributed by atoms with Crippen molar-refractivity contribution in [3.63, 3.8) is 0 Å². The minimum Gasteiger partial charge on any atom is -0.500 e. The normalized spacial score (nSPS) is 15.7. The summed E-state index contributed by atoms with van der Waals surface area (Å²) in [7, 11) is -2.04. The molecule has 5 nitrogen and oxygen atoms in total. The van der Waals surface area contributed by atoms with E-state index in [2.05, 4.69) is 17.2 Å². The molecule has 0 spiro atoms. The summed E-state index contributed by atoms with van der Waals surface area (Å²) < 4.78 is 51.7. The van der Waals surface area contributed by atoms with E-state index in [-0.39, 0.29) is 33.3 Å². The first-order valence-electron chi connectivity index (χ1n) is 11.1. The number of Topliss-reactive ketones (excluding diaryl/α,β-unsaturated/α-hetero) is 1. The number of ether oxygens (including phenoxy) is 1. The van der Waals surface area contributed by atoms with Crippen LogP contribution in [0.4, 0.5) is 14.5 Å². The van der Waals surface area contributed by atoms with Gasteiger partial charge >= 0.3 is 0 Å². The Bertz CT molecular complexity index is 1220. The van der Waals surface area contributed by atoms with Crippen molar-refractivity contribution in [1.29, 1.82) is 5.26 Å². The molecule has 0 amide bonds. The van der Waals surface area contributed by atoms with Crippen molar-refractivity contribution in [1.82, 2.24) is 0 Å². The second kappa shape index (κ2) is 13.1. The minimum absolute atomic E-state index is 0.0374. The molecule has 0 aliphatic carbocycles. The molecule has 0 aliphatic heterocycles. The number of hydrogen-bond donors (Lipinski definition) is 1. The summed E-state index contributed by atoms with van der Waals surface area (Å²) in [5.41, 5.74) is 1.34. The number of carbonyl (C=O) groups is 1. The molecule has 1 aromatic carbocycles. The maximum absolute atomic E-state index is 15.6. The monoisotopic (exact) mass is 504 g/mol. The Morgan fingerprint density at radius 1 is 1.29 bits per heavy atom. The number of methoxy groups -OCH3 is 1. The van der Waals surface area contributed by atoms with Crippen molar-refractivity contribution in [3.8, 4) is 6.07 Å². The van der Waals surface area contributed by atoms with Gasteiger partial charge in [-0.25, -0.2) is 13.0 Å². The lowest BCUT2D eigenvalue weighted by molar-refractivity contribution is -0.113. The van der Waals surface area contributed by atoms with Crippen molar-refractivity contribution in [3.05, 3.63) is 75.4 Å². The highest BCUT2D eigenvalue weighted by Crippen LogP contribution is 2.35. The van der Waals surface area contributed by atoms with Gasteiger partial charge in [0.2, 0.25) is 0 Å². The number of nitriles is 1. The summed E-state index contributed by atoms with van der Waals surface area (Å²) in [6.07, 6.45) is 4.00. The van der Waals surface area contributed by atoms with E-state index in [4.69, 9.17) is 4.74 Å². The minimum atomic E-state index is -3.41. The lowest BCUT2D eigenvalue weighted by atomic mass is 9.88. The van der Waals surface area contributed by atoms with Crippen molar-refractivity contribution < 1.29 is 22.5 Å². The van der Waals surface area contributed by atoms with Gasteiger partial charge in [0.15, 0.2) is 11.6 Å². The number of rotatable bonds is 12. The van der Waals surface area contributed by atoms with Gasteiger partial charge in [-0.15, -0.1) is 0 Å². The van der Waals surface area contributed by atoms with Gasteiger partial charge in [0.1, 0.15) is 11.6 Å². The van der Waals surface area contributed by atoms with Crippen LogP contribution in [0.1, 0.15) is 65.4 Å². The SMILES string of the molecule is C=C/C(C#N)=C\C(=C(/C)OC)S(=C)(=O)Nc1ccc(F)c([C@@H](CC)CC/C(C)=C(/C)C(C)=O)c1F. The van der Waals surface area contributed by atoms with Crippen LogP contribution in [-0.2, 0) is 19.2 Å². The largest absolute Gasteiger partial charge is 0.500 e. The zero-order valence-corrected chi connectivity index (χ0v) is 22.1. The quantitative estimate of drug-likeness (QED) is 0.113. The second-order valence-corrected chi connectivity index (χ2v) is 10.2. The van der Waals surface area contributed by atoms with Gasteiger partial charge in [-0.2, -0.15) is 5.26 Å². The van der Waals surface area contributed by atoms with Crippen LogP contribution >= 0.6 is 0 Å². The summed E-state index contributed by atoms with van der Waals surface area (Å²) in [6.45, 7) is 12.0. The Balaban J connectivity index is 3.48. The molecule has 0 fully saturated rings. The Labute approximate surface area is 208 Å².